The number of carbonyl (C=O) groups is 1. The van der Waals surface area contributed by atoms with E-state index in [4.69, 9.17) is 5.14 Å². The topological polar surface area (TPSA) is 89.3 Å². The monoisotopic (exact) mass is 292 g/mol. The van der Waals surface area contributed by atoms with E-state index in [-0.39, 0.29) is 12.5 Å². The average Bonchev–Trinajstić information content (AvgIpc) is 2.24. The molecule has 19 heavy (non-hydrogen) atoms. The van der Waals surface area contributed by atoms with Crippen molar-refractivity contribution in [2.75, 3.05) is 6.54 Å². The Morgan fingerprint density at radius 2 is 1.89 bits per heavy atom. The molecule has 1 aromatic rings. The summed E-state index contributed by atoms with van der Waals surface area (Å²) in [6.45, 7) is 3.94. The van der Waals surface area contributed by atoms with Crippen molar-refractivity contribution in [1.29, 1.82) is 0 Å². The first-order chi connectivity index (χ1) is 8.62. The number of benzene rings is 1. The Morgan fingerprint density at radius 3 is 2.37 bits per heavy atom. The van der Waals surface area contributed by atoms with Crippen LogP contribution >= 0.6 is 0 Å². The number of halogens is 2. The van der Waals surface area contributed by atoms with Crippen molar-refractivity contribution in [2.24, 2.45) is 11.1 Å². The highest BCUT2D eigenvalue weighted by atomic mass is 32.2. The molecule has 0 saturated heterocycles. The third-order valence-electron chi connectivity index (χ3n) is 2.24. The summed E-state index contributed by atoms with van der Waals surface area (Å²) in [4.78, 5) is 10.7. The Hall–Kier alpha value is -1.54. The molecule has 1 aromatic carbocycles. The van der Waals surface area contributed by atoms with Gasteiger partial charge in [-0.1, -0.05) is 13.8 Å². The molecule has 0 bridgehead atoms. The lowest BCUT2D eigenvalue weighted by Crippen LogP contribution is -2.28. The Balaban J connectivity index is 3.19. The first-order valence-corrected chi connectivity index (χ1v) is 6.97. The van der Waals surface area contributed by atoms with Gasteiger partial charge in [-0.15, -0.1) is 0 Å². The number of nitrogens with one attached hydrogen (secondary N) is 1. The predicted molar refractivity (Wildman–Crippen MR) is 64.9 cm³/mol. The summed E-state index contributed by atoms with van der Waals surface area (Å²) in [6.07, 6.45) is 0. The first kappa shape index (κ1) is 15.5. The Morgan fingerprint density at radius 1 is 1.32 bits per heavy atom. The zero-order valence-electron chi connectivity index (χ0n) is 10.4. The van der Waals surface area contributed by atoms with Crippen molar-refractivity contribution in [3.63, 3.8) is 0 Å². The second-order valence-electron chi connectivity index (χ2n) is 4.41. The van der Waals surface area contributed by atoms with E-state index in [0.717, 1.165) is 0 Å². The van der Waals surface area contributed by atoms with Gasteiger partial charge in [-0.3, -0.25) is 4.79 Å². The van der Waals surface area contributed by atoms with Crippen molar-refractivity contribution in [2.45, 2.75) is 18.7 Å². The molecule has 106 valence electrons. The molecule has 0 aromatic heterocycles. The summed E-state index contributed by atoms with van der Waals surface area (Å²) in [5.41, 5.74) is -0.564. The highest BCUT2D eigenvalue weighted by Crippen LogP contribution is 2.18. The quantitative estimate of drug-likeness (QED) is 0.867. The SMILES string of the molecule is CC(C)CNC(=O)c1cc(S(N)(=O)=O)c(F)cc1F. The number of carbonyl (C=O) groups excluding carboxylic acids is 1. The van der Waals surface area contributed by atoms with Crippen LogP contribution < -0.4 is 10.5 Å². The lowest BCUT2D eigenvalue weighted by atomic mass is 10.1. The molecule has 1 amide bonds. The van der Waals surface area contributed by atoms with Gasteiger partial charge < -0.3 is 5.32 Å². The van der Waals surface area contributed by atoms with Crippen LogP contribution in [0.1, 0.15) is 24.2 Å². The summed E-state index contributed by atoms with van der Waals surface area (Å²) in [5.74, 6) is -3.17. The van der Waals surface area contributed by atoms with Crippen molar-refractivity contribution in [3.05, 3.63) is 29.3 Å². The Bertz CT molecular complexity index is 600. The largest absolute Gasteiger partial charge is 0.352 e. The molecule has 5 nitrogen and oxygen atoms in total. The van der Waals surface area contributed by atoms with Gasteiger partial charge >= 0.3 is 0 Å². The molecule has 1 rings (SSSR count). The van der Waals surface area contributed by atoms with Crippen LogP contribution in [-0.2, 0) is 10.0 Å². The molecular weight excluding hydrogens is 278 g/mol. The zero-order valence-corrected chi connectivity index (χ0v) is 11.2. The van der Waals surface area contributed by atoms with E-state index in [1.165, 1.54) is 0 Å². The van der Waals surface area contributed by atoms with Crippen LogP contribution in [0.2, 0.25) is 0 Å². The molecule has 0 aliphatic carbocycles. The van der Waals surface area contributed by atoms with Gasteiger partial charge in [0, 0.05) is 12.6 Å². The second kappa shape index (κ2) is 5.62. The fourth-order valence-corrected chi connectivity index (χ4v) is 1.93. The third-order valence-corrected chi connectivity index (χ3v) is 3.17. The lowest BCUT2D eigenvalue weighted by molar-refractivity contribution is 0.0944. The van der Waals surface area contributed by atoms with Crippen LogP contribution in [0.5, 0.6) is 0 Å². The van der Waals surface area contributed by atoms with E-state index < -0.39 is 38.0 Å². The van der Waals surface area contributed by atoms with Gasteiger partial charge in [0.25, 0.3) is 5.91 Å². The van der Waals surface area contributed by atoms with Gasteiger partial charge in [-0.2, -0.15) is 0 Å². The van der Waals surface area contributed by atoms with Gasteiger partial charge in [0.05, 0.1) is 5.56 Å². The summed E-state index contributed by atoms with van der Waals surface area (Å²) in [5, 5.41) is 7.18. The molecule has 0 heterocycles. The van der Waals surface area contributed by atoms with E-state index in [2.05, 4.69) is 5.32 Å². The minimum Gasteiger partial charge on any atom is -0.352 e. The van der Waals surface area contributed by atoms with E-state index in [1.54, 1.807) is 0 Å². The molecule has 0 atom stereocenters. The molecule has 0 radical (unpaired) electrons. The molecule has 0 aliphatic rings. The van der Waals surface area contributed by atoms with Gasteiger partial charge in [0.15, 0.2) is 0 Å². The van der Waals surface area contributed by atoms with Crippen LogP contribution in [0, 0.1) is 17.6 Å². The predicted octanol–water partition coefficient (Wildman–Crippen LogP) is 0.998. The van der Waals surface area contributed by atoms with Crippen molar-refractivity contribution >= 4 is 15.9 Å². The first-order valence-electron chi connectivity index (χ1n) is 5.43. The summed E-state index contributed by atoms with van der Waals surface area (Å²) >= 11 is 0. The number of rotatable bonds is 4. The van der Waals surface area contributed by atoms with Crippen molar-refractivity contribution < 1.29 is 22.0 Å². The van der Waals surface area contributed by atoms with Crippen LogP contribution in [0.3, 0.4) is 0 Å². The van der Waals surface area contributed by atoms with Crippen LogP contribution in [0.4, 0.5) is 8.78 Å². The maximum atomic E-state index is 13.5. The molecule has 0 saturated carbocycles. The van der Waals surface area contributed by atoms with E-state index in [9.17, 15) is 22.0 Å². The summed E-state index contributed by atoms with van der Waals surface area (Å²) in [6, 6.07) is 0.916. The Labute approximate surface area is 109 Å². The minimum absolute atomic E-state index is 0.130. The van der Waals surface area contributed by atoms with Crippen molar-refractivity contribution in [1.82, 2.24) is 5.32 Å². The standard InChI is InChI=1S/C11H14F2N2O3S/c1-6(2)5-15-11(16)7-3-10(19(14,17)18)9(13)4-8(7)12/h3-4,6H,5H2,1-2H3,(H,15,16)(H2,14,17,18). The van der Waals surface area contributed by atoms with E-state index >= 15 is 0 Å². The highest BCUT2D eigenvalue weighted by Gasteiger charge is 2.21. The van der Waals surface area contributed by atoms with Gasteiger partial charge in [0.1, 0.15) is 16.5 Å². The van der Waals surface area contributed by atoms with Crippen molar-refractivity contribution in [3.8, 4) is 0 Å². The summed E-state index contributed by atoms with van der Waals surface area (Å²) < 4.78 is 48.9. The minimum atomic E-state index is -4.36. The highest BCUT2D eigenvalue weighted by molar-refractivity contribution is 7.89. The number of sulfonamides is 1. The fourth-order valence-electron chi connectivity index (χ4n) is 1.31. The molecule has 8 heteroatoms. The van der Waals surface area contributed by atoms with Gasteiger partial charge in [0.2, 0.25) is 10.0 Å². The smallest absolute Gasteiger partial charge is 0.254 e. The number of hydrogen-bond donors (Lipinski definition) is 2. The van der Waals surface area contributed by atoms with Crippen LogP contribution in [0.25, 0.3) is 0 Å². The lowest BCUT2D eigenvalue weighted by Gasteiger charge is -2.09. The Kier molecular flexibility index (Phi) is 4.59. The number of nitrogens with two attached hydrogens (primary N) is 1. The molecular formula is C11H14F2N2O3S. The molecule has 0 spiro atoms. The van der Waals surface area contributed by atoms with Crippen LogP contribution in [-0.4, -0.2) is 20.9 Å². The normalized spacial score (nSPS) is 11.7. The summed E-state index contributed by atoms with van der Waals surface area (Å²) in [7, 11) is -4.36. The molecule has 0 fully saturated rings. The van der Waals surface area contributed by atoms with E-state index in [0.29, 0.717) is 12.1 Å². The average molecular weight is 292 g/mol. The number of hydrogen-bond acceptors (Lipinski definition) is 3. The fraction of sp³-hybridized carbons (Fsp3) is 0.364. The molecule has 0 aliphatic heterocycles. The second-order valence-corrected chi connectivity index (χ2v) is 5.94. The molecule has 3 N–H and O–H groups in total. The number of amides is 1. The maximum Gasteiger partial charge on any atom is 0.254 e. The van der Waals surface area contributed by atoms with Crippen LogP contribution in [0.15, 0.2) is 17.0 Å². The maximum absolute atomic E-state index is 13.5. The zero-order chi connectivity index (χ0) is 14.8. The number of primary sulfonamides is 1. The molecule has 0 unspecified atom stereocenters. The van der Waals surface area contributed by atoms with Gasteiger partial charge in [-0.05, 0) is 12.0 Å². The van der Waals surface area contributed by atoms with Gasteiger partial charge in [-0.25, -0.2) is 22.3 Å². The third kappa shape index (κ3) is 3.97. The van der Waals surface area contributed by atoms with E-state index in [1.807, 2.05) is 13.8 Å².